The Kier molecular flexibility index (Phi) is 11.8. The van der Waals surface area contributed by atoms with E-state index in [4.69, 9.17) is 4.74 Å². The summed E-state index contributed by atoms with van der Waals surface area (Å²) in [4.78, 5) is 38.2. The van der Waals surface area contributed by atoms with Crippen LogP contribution < -0.4 is 26.6 Å². The van der Waals surface area contributed by atoms with Crippen LogP contribution in [0.4, 0.5) is 42.4 Å². The SMILES string of the molecule is O=C(NCc1ccccc1)c1ccc(Nc2nc(NCCOCCNC(=O)c3ccccc3C(F)(F)F)nc(Nc3ccc(O)cc3)n2)cc1. The van der Waals surface area contributed by atoms with Crippen LogP contribution in [-0.2, 0) is 17.5 Å². The van der Waals surface area contributed by atoms with Crippen molar-refractivity contribution < 1.29 is 32.6 Å². The van der Waals surface area contributed by atoms with Crippen molar-refractivity contribution in [3.8, 4) is 5.75 Å². The van der Waals surface area contributed by atoms with Crippen molar-refractivity contribution in [1.29, 1.82) is 0 Å². The molecule has 258 valence electrons. The highest BCUT2D eigenvalue weighted by molar-refractivity contribution is 5.96. The Morgan fingerprint density at radius 1 is 0.660 bits per heavy atom. The maximum atomic E-state index is 13.2. The van der Waals surface area contributed by atoms with Crippen molar-refractivity contribution in [2.75, 3.05) is 42.3 Å². The highest BCUT2D eigenvalue weighted by Gasteiger charge is 2.34. The predicted molar refractivity (Wildman–Crippen MR) is 182 cm³/mol. The van der Waals surface area contributed by atoms with E-state index in [9.17, 15) is 27.9 Å². The van der Waals surface area contributed by atoms with E-state index in [0.29, 0.717) is 23.5 Å². The summed E-state index contributed by atoms with van der Waals surface area (Å²) in [6.45, 7) is 0.870. The van der Waals surface area contributed by atoms with Crippen molar-refractivity contribution in [1.82, 2.24) is 25.6 Å². The number of phenols is 1. The molecule has 0 spiro atoms. The fourth-order valence-corrected chi connectivity index (χ4v) is 4.55. The van der Waals surface area contributed by atoms with Crippen LogP contribution in [0.5, 0.6) is 5.75 Å². The Bertz CT molecular complexity index is 1880. The summed E-state index contributed by atoms with van der Waals surface area (Å²) >= 11 is 0. The van der Waals surface area contributed by atoms with Gasteiger partial charge in [-0.15, -0.1) is 0 Å². The molecule has 15 heteroatoms. The van der Waals surface area contributed by atoms with E-state index in [2.05, 4.69) is 41.5 Å². The molecule has 12 nitrogen and oxygen atoms in total. The van der Waals surface area contributed by atoms with Gasteiger partial charge in [0.05, 0.1) is 24.3 Å². The zero-order chi connectivity index (χ0) is 35.3. The standard InChI is InChI=1S/C35H33F3N8O4/c36-35(37,38)29-9-5-4-8-28(29)31(49)39-18-20-50-21-19-40-32-44-33(46-34(45-32)43-26-14-16-27(47)17-15-26)42-25-12-10-24(11-13-25)30(48)41-22-23-6-2-1-3-7-23/h1-17,47H,18-22H2,(H,39,49)(H,41,48)(H3,40,42,43,44,45,46). The maximum Gasteiger partial charge on any atom is 0.417 e. The molecule has 5 rings (SSSR count). The van der Waals surface area contributed by atoms with Gasteiger partial charge in [0, 0.05) is 36.6 Å². The second kappa shape index (κ2) is 16.7. The Hall–Kier alpha value is -6.22. The van der Waals surface area contributed by atoms with Gasteiger partial charge in [-0.05, 0) is 66.2 Å². The third-order valence-electron chi connectivity index (χ3n) is 7.00. The van der Waals surface area contributed by atoms with Crippen LogP contribution in [0, 0.1) is 0 Å². The fourth-order valence-electron chi connectivity index (χ4n) is 4.55. The second-order valence-corrected chi connectivity index (χ2v) is 10.7. The van der Waals surface area contributed by atoms with Gasteiger partial charge in [0.25, 0.3) is 11.8 Å². The van der Waals surface area contributed by atoms with Gasteiger partial charge in [-0.1, -0.05) is 42.5 Å². The number of carbonyl (C=O) groups excluding carboxylic acids is 2. The van der Waals surface area contributed by atoms with Gasteiger partial charge in [0.15, 0.2) is 0 Å². The molecule has 0 atom stereocenters. The van der Waals surface area contributed by atoms with Crippen LogP contribution in [0.15, 0.2) is 103 Å². The molecule has 0 bridgehead atoms. The number of ether oxygens (including phenoxy) is 1. The van der Waals surface area contributed by atoms with Crippen LogP contribution in [0.25, 0.3) is 0 Å². The molecule has 0 aliphatic rings. The smallest absolute Gasteiger partial charge is 0.417 e. The summed E-state index contributed by atoms with van der Waals surface area (Å²) in [5, 5.41) is 24.1. The number of rotatable bonds is 15. The molecule has 0 saturated carbocycles. The number of aromatic hydroxyl groups is 1. The van der Waals surface area contributed by atoms with Gasteiger partial charge >= 0.3 is 6.18 Å². The monoisotopic (exact) mass is 686 g/mol. The lowest BCUT2D eigenvalue weighted by Gasteiger charge is -2.13. The number of alkyl halides is 3. The number of amides is 2. The van der Waals surface area contributed by atoms with Gasteiger partial charge in [0.1, 0.15) is 5.75 Å². The zero-order valence-electron chi connectivity index (χ0n) is 26.5. The Labute approximate surface area is 285 Å². The molecule has 1 heterocycles. The summed E-state index contributed by atoms with van der Waals surface area (Å²) < 4.78 is 45.2. The molecule has 0 saturated heterocycles. The summed E-state index contributed by atoms with van der Waals surface area (Å²) in [6.07, 6.45) is -4.65. The maximum absolute atomic E-state index is 13.2. The molecular formula is C35H33F3N8O4. The van der Waals surface area contributed by atoms with E-state index in [-0.39, 0.29) is 55.8 Å². The average molecular weight is 687 g/mol. The van der Waals surface area contributed by atoms with Crippen molar-refractivity contribution in [2.45, 2.75) is 12.7 Å². The minimum Gasteiger partial charge on any atom is -0.508 e. The summed E-state index contributed by atoms with van der Waals surface area (Å²) in [6, 6.07) is 27.2. The number of hydrogen-bond acceptors (Lipinski definition) is 10. The quantitative estimate of drug-likeness (QED) is 0.0580. The molecule has 0 radical (unpaired) electrons. The average Bonchev–Trinajstić information content (AvgIpc) is 3.11. The molecule has 5 aromatic rings. The zero-order valence-corrected chi connectivity index (χ0v) is 26.5. The van der Waals surface area contributed by atoms with Gasteiger partial charge in [-0.25, -0.2) is 0 Å². The first-order valence-electron chi connectivity index (χ1n) is 15.4. The lowest BCUT2D eigenvalue weighted by molar-refractivity contribution is -0.137. The van der Waals surface area contributed by atoms with Crippen LogP contribution in [0.1, 0.15) is 31.8 Å². The Morgan fingerprint density at radius 3 is 1.90 bits per heavy atom. The van der Waals surface area contributed by atoms with E-state index >= 15 is 0 Å². The normalized spacial score (nSPS) is 11.0. The number of phenolic OH excluding ortho intramolecular Hbond substituents is 1. The van der Waals surface area contributed by atoms with E-state index in [1.54, 1.807) is 36.4 Å². The number of carbonyl (C=O) groups is 2. The van der Waals surface area contributed by atoms with E-state index in [1.165, 1.54) is 24.3 Å². The lowest BCUT2D eigenvalue weighted by Crippen LogP contribution is -2.29. The van der Waals surface area contributed by atoms with Crippen molar-refractivity contribution in [3.63, 3.8) is 0 Å². The van der Waals surface area contributed by atoms with E-state index in [1.807, 2.05) is 30.3 Å². The first kappa shape index (κ1) is 35.1. The first-order chi connectivity index (χ1) is 24.1. The molecule has 6 N–H and O–H groups in total. The molecule has 50 heavy (non-hydrogen) atoms. The van der Waals surface area contributed by atoms with Crippen molar-refractivity contribution >= 4 is 41.0 Å². The van der Waals surface area contributed by atoms with Gasteiger partial charge in [-0.2, -0.15) is 28.1 Å². The number of benzene rings is 4. The molecule has 0 unspecified atom stereocenters. The number of hydrogen-bond donors (Lipinski definition) is 6. The highest BCUT2D eigenvalue weighted by Crippen LogP contribution is 2.31. The Morgan fingerprint density at radius 2 is 1.24 bits per heavy atom. The molecule has 0 aliphatic carbocycles. The predicted octanol–water partition coefficient (Wildman–Crippen LogP) is 5.87. The minimum atomic E-state index is -4.65. The van der Waals surface area contributed by atoms with E-state index in [0.717, 1.165) is 17.7 Å². The van der Waals surface area contributed by atoms with Crippen molar-refractivity contribution in [2.24, 2.45) is 0 Å². The molecule has 4 aromatic carbocycles. The largest absolute Gasteiger partial charge is 0.508 e. The molecule has 1 aromatic heterocycles. The summed E-state index contributed by atoms with van der Waals surface area (Å²) in [5.74, 6) is -0.397. The second-order valence-electron chi connectivity index (χ2n) is 10.7. The lowest BCUT2D eigenvalue weighted by atomic mass is 10.1. The molecule has 0 fully saturated rings. The summed E-state index contributed by atoms with van der Waals surface area (Å²) in [5.41, 5.74) is 1.22. The van der Waals surface area contributed by atoms with Crippen LogP contribution >= 0.6 is 0 Å². The van der Waals surface area contributed by atoms with Crippen LogP contribution in [0.3, 0.4) is 0 Å². The number of nitrogens with one attached hydrogen (secondary N) is 5. The van der Waals surface area contributed by atoms with Gasteiger partial charge < -0.3 is 36.4 Å². The summed E-state index contributed by atoms with van der Waals surface area (Å²) in [7, 11) is 0. The number of halogens is 3. The highest BCUT2D eigenvalue weighted by atomic mass is 19.4. The molecular weight excluding hydrogens is 653 g/mol. The topological polar surface area (TPSA) is 162 Å². The van der Waals surface area contributed by atoms with Crippen LogP contribution in [0.2, 0.25) is 0 Å². The number of anilines is 5. The molecule has 2 amide bonds. The van der Waals surface area contributed by atoms with Gasteiger partial charge in [0.2, 0.25) is 17.8 Å². The Balaban J connectivity index is 1.15. The fraction of sp³-hybridized carbons (Fsp3) is 0.171. The van der Waals surface area contributed by atoms with Crippen LogP contribution in [-0.4, -0.2) is 58.2 Å². The molecule has 0 aliphatic heterocycles. The minimum absolute atomic E-state index is 0.000968. The third kappa shape index (κ3) is 10.4. The van der Waals surface area contributed by atoms with E-state index < -0.39 is 23.2 Å². The van der Waals surface area contributed by atoms with Gasteiger partial charge in [-0.3, -0.25) is 9.59 Å². The van der Waals surface area contributed by atoms with Crippen molar-refractivity contribution in [3.05, 3.63) is 125 Å². The first-order valence-corrected chi connectivity index (χ1v) is 15.4. The number of aromatic nitrogens is 3. The third-order valence-corrected chi connectivity index (χ3v) is 7.00. The number of nitrogens with zero attached hydrogens (tertiary/aromatic N) is 3.